The van der Waals surface area contributed by atoms with Gasteiger partial charge >= 0.3 is 0 Å². The SMILES string of the molecule is Cc1cc(Cl)cc2c1OCCCC2NS(C)(=O)=O. The van der Waals surface area contributed by atoms with Gasteiger partial charge in [0, 0.05) is 10.6 Å². The van der Waals surface area contributed by atoms with E-state index in [1.165, 1.54) is 0 Å². The van der Waals surface area contributed by atoms with Crippen LogP contribution in [0.3, 0.4) is 0 Å². The van der Waals surface area contributed by atoms with Gasteiger partial charge in [0.1, 0.15) is 5.75 Å². The molecule has 0 radical (unpaired) electrons. The number of hydrogen-bond acceptors (Lipinski definition) is 3. The summed E-state index contributed by atoms with van der Waals surface area (Å²) in [7, 11) is -3.26. The Morgan fingerprint density at radius 2 is 2.17 bits per heavy atom. The molecule has 1 aliphatic rings. The lowest BCUT2D eigenvalue weighted by Crippen LogP contribution is -2.27. The van der Waals surface area contributed by atoms with Gasteiger partial charge in [0.05, 0.1) is 18.9 Å². The summed E-state index contributed by atoms with van der Waals surface area (Å²) in [6, 6.07) is 3.33. The van der Waals surface area contributed by atoms with Crippen molar-refractivity contribution < 1.29 is 13.2 Å². The summed E-state index contributed by atoms with van der Waals surface area (Å²) in [4.78, 5) is 0. The third kappa shape index (κ3) is 3.16. The molecule has 1 atom stereocenters. The van der Waals surface area contributed by atoms with Crippen LogP contribution < -0.4 is 9.46 Å². The average molecular weight is 290 g/mol. The fourth-order valence-electron chi connectivity index (χ4n) is 2.21. The number of rotatable bonds is 2. The second-order valence-electron chi connectivity index (χ2n) is 4.57. The van der Waals surface area contributed by atoms with Gasteiger partial charge in [0.15, 0.2) is 0 Å². The van der Waals surface area contributed by atoms with Crippen molar-refractivity contribution in [3.05, 3.63) is 28.3 Å². The molecule has 0 aliphatic carbocycles. The maximum atomic E-state index is 11.4. The highest BCUT2D eigenvalue weighted by molar-refractivity contribution is 7.88. The molecule has 1 aromatic rings. The first-order valence-electron chi connectivity index (χ1n) is 5.77. The van der Waals surface area contributed by atoms with Gasteiger partial charge < -0.3 is 4.74 Å². The Morgan fingerprint density at radius 3 is 2.83 bits per heavy atom. The molecule has 100 valence electrons. The van der Waals surface area contributed by atoms with Gasteiger partial charge in [-0.1, -0.05) is 11.6 Å². The van der Waals surface area contributed by atoms with E-state index in [0.717, 1.165) is 29.6 Å². The van der Waals surface area contributed by atoms with Crippen molar-refractivity contribution in [2.45, 2.75) is 25.8 Å². The summed E-state index contributed by atoms with van der Waals surface area (Å²) in [5.41, 5.74) is 1.75. The van der Waals surface area contributed by atoms with E-state index in [-0.39, 0.29) is 6.04 Å². The molecule has 1 aromatic carbocycles. The van der Waals surface area contributed by atoms with Crippen LogP contribution in [0, 0.1) is 6.92 Å². The molecule has 2 rings (SSSR count). The lowest BCUT2D eigenvalue weighted by molar-refractivity contribution is 0.314. The molecule has 0 spiro atoms. The van der Waals surface area contributed by atoms with Crippen LogP contribution in [0.25, 0.3) is 0 Å². The quantitative estimate of drug-likeness (QED) is 0.910. The van der Waals surface area contributed by atoms with Gasteiger partial charge in [-0.2, -0.15) is 0 Å². The highest BCUT2D eigenvalue weighted by Crippen LogP contribution is 2.36. The third-order valence-corrected chi connectivity index (χ3v) is 3.81. The van der Waals surface area contributed by atoms with Crippen LogP contribution in [0.15, 0.2) is 12.1 Å². The van der Waals surface area contributed by atoms with E-state index in [9.17, 15) is 8.42 Å². The molecule has 1 heterocycles. The maximum absolute atomic E-state index is 11.4. The number of sulfonamides is 1. The molecule has 18 heavy (non-hydrogen) atoms. The average Bonchev–Trinajstić information content (AvgIpc) is 2.39. The van der Waals surface area contributed by atoms with Crippen molar-refractivity contribution in [3.63, 3.8) is 0 Å². The fraction of sp³-hybridized carbons (Fsp3) is 0.500. The zero-order chi connectivity index (χ0) is 13.3. The minimum absolute atomic E-state index is 0.269. The van der Waals surface area contributed by atoms with Crippen molar-refractivity contribution in [2.75, 3.05) is 12.9 Å². The van der Waals surface area contributed by atoms with E-state index in [0.29, 0.717) is 18.1 Å². The minimum atomic E-state index is -3.26. The summed E-state index contributed by atoms with van der Waals surface area (Å²) in [5, 5.41) is 0.594. The number of ether oxygens (including phenoxy) is 1. The third-order valence-electron chi connectivity index (χ3n) is 2.88. The van der Waals surface area contributed by atoms with Gasteiger partial charge in [0.25, 0.3) is 0 Å². The Labute approximate surface area is 112 Å². The molecule has 0 saturated heterocycles. The Morgan fingerprint density at radius 1 is 1.44 bits per heavy atom. The molecular weight excluding hydrogens is 274 g/mol. The monoisotopic (exact) mass is 289 g/mol. The van der Waals surface area contributed by atoms with Gasteiger partial charge in [-0.05, 0) is 37.5 Å². The Balaban J connectivity index is 2.47. The number of nitrogens with one attached hydrogen (secondary N) is 1. The van der Waals surface area contributed by atoms with Crippen molar-refractivity contribution in [2.24, 2.45) is 0 Å². The lowest BCUT2D eigenvalue weighted by atomic mass is 10.0. The smallest absolute Gasteiger partial charge is 0.209 e. The predicted molar refractivity (Wildman–Crippen MR) is 71.6 cm³/mol. The summed E-state index contributed by atoms with van der Waals surface area (Å²) >= 11 is 6.04. The highest BCUT2D eigenvalue weighted by atomic mass is 35.5. The fourth-order valence-corrected chi connectivity index (χ4v) is 3.25. The molecule has 0 fully saturated rings. The summed E-state index contributed by atoms with van der Waals surface area (Å²) in [6.07, 6.45) is 2.68. The topological polar surface area (TPSA) is 55.4 Å². The van der Waals surface area contributed by atoms with E-state index >= 15 is 0 Å². The van der Waals surface area contributed by atoms with Crippen molar-refractivity contribution in [1.29, 1.82) is 0 Å². The summed E-state index contributed by atoms with van der Waals surface area (Å²) in [5.74, 6) is 0.748. The summed E-state index contributed by atoms with van der Waals surface area (Å²) < 4.78 is 31.1. The molecule has 1 aliphatic heterocycles. The van der Waals surface area contributed by atoms with Crippen LogP contribution in [-0.4, -0.2) is 21.3 Å². The van der Waals surface area contributed by atoms with Gasteiger partial charge in [0.2, 0.25) is 10.0 Å². The number of benzene rings is 1. The number of halogens is 1. The van der Waals surface area contributed by atoms with Crippen LogP contribution in [0.1, 0.15) is 30.0 Å². The highest BCUT2D eigenvalue weighted by Gasteiger charge is 2.24. The van der Waals surface area contributed by atoms with Gasteiger partial charge in [-0.25, -0.2) is 13.1 Å². The Bertz CT molecular complexity index is 557. The zero-order valence-corrected chi connectivity index (χ0v) is 11.9. The van der Waals surface area contributed by atoms with E-state index < -0.39 is 10.0 Å². The number of hydrogen-bond donors (Lipinski definition) is 1. The van der Waals surface area contributed by atoms with Crippen LogP contribution in [0.5, 0.6) is 5.75 Å². The van der Waals surface area contributed by atoms with Crippen molar-refractivity contribution in [1.82, 2.24) is 4.72 Å². The molecular formula is C12H16ClNO3S. The summed E-state index contributed by atoms with van der Waals surface area (Å²) in [6.45, 7) is 2.50. The normalized spacial score (nSPS) is 19.8. The predicted octanol–water partition coefficient (Wildman–Crippen LogP) is 2.41. The van der Waals surface area contributed by atoms with Gasteiger partial charge in [-0.3, -0.25) is 0 Å². The maximum Gasteiger partial charge on any atom is 0.209 e. The lowest BCUT2D eigenvalue weighted by Gasteiger charge is -2.18. The number of fused-ring (bicyclic) bond motifs is 1. The molecule has 0 bridgehead atoms. The van der Waals surface area contributed by atoms with Gasteiger partial charge in [-0.15, -0.1) is 0 Å². The molecule has 1 unspecified atom stereocenters. The molecule has 0 saturated carbocycles. The molecule has 4 nitrogen and oxygen atoms in total. The second-order valence-corrected chi connectivity index (χ2v) is 6.79. The zero-order valence-electron chi connectivity index (χ0n) is 10.4. The van der Waals surface area contributed by atoms with E-state index in [1.807, 2.05) is 13.0 Å². The minimum Gasteiger partial charge on any atom is -0.493 e. The molecule has 1 N–H and O–H groups in total. The number of aryl methyl sites for hydroxylation is 1. The van der Waals surface area contributed by atoms with Crippen molar-refractivity contribution in [3.8, 4) is 5.75 Å². The molecule has 0 amide bonds. The van der Waals surface area contributed by atoms with E-state index in [4.69, 9.17) is 16.3 Å². The van der Waals surface area contributed by atoms with Crippen LogP contribution >= 0.6 is 11.6 Å². The Kier molecular flexibility index (Phi) is 3.84. The standard InChI is InChI=1S/C12H16ClNO3S/c1-8-6-9(13)7-10-11(14-18(2,15)16)4-3-5-17-12(8)10/h6-7,11,14H,3-5H2,1-2H3. The first-order valence-corrected chi connectivity index (χ1v) is 8.04. The first kappa shape index (κ1) is 13.6. The largest absolute Gasteiger partial charge is 0.493 e. The van der Waals surface area contributed by atoms with E-state index in [2.05, 4.69) is 4.72 Å². The molecule has 0 aromatic heterocycles. The second kappa shape index (κ2) is 5.07. The van der Waals surface area contributed by atoms with Crippen LogP contribution in [0.4, 0.5) is 0 Å². The Hall–Kier alpha value is -0.780. The van der Waals surface area contributed by atoms with Crippen LogP contribution in [0.2, 0.25) is 5.02 Å². The van der Waals surface area contributed by atoms with Crippen molar-refractivity contribution >= 4 is 21.6 Å². The first-order chi connectivity index (χ1) is 8.37. The van der Waals surface area contributed by atoms with E-state index in [1.54, 1.807) is 6.07 Å². The molecule has 6 heteroatoms. The van der Waals surface area contributed by atoms with Crippen LogP contribution in [-0.2, 0) is 10.0 Å².